The van der Waals surface area contributed by atoms with Crippen molar-refractivity contribution in [3.8, 4) is 11.1 Å². The SMILES string of the molecule is CC(C)(C)[Si](C)(C)OC1CCC(n2cc(-c3cnc(N(C(=O)O)C(=O)O)c4occc34)cn2)CC1. The molecule has 0 atom stereocenters. The van der Waals surface area contributed by atoms with E-state index in [-0.39, 0.29) is 33.5 Å². The Hall–Kier alpha value is -3.18. The van der Waals surface area contributed by atoms with E-state index < -0.39 is 20.5 Å². The molecular weight excluding hydrogens is 468 g/mol. The number of nitrogens with zero attached hydrogens (tertiary/aromatic N) is 4. The summed E-state index contributed by atoms with van der Waals surface area (Å²) in [6, 6.07) is 1.93. The maximum atomic E-state index is 11.4. The number of hydrogen-bond acceptors (Lipinski definition) is 6. The number of hydrogen-bond donors (Lipinski definition) is 2. The van der Waals surface area contributed by atoms with Gasteiger partial charge in [-0.05, 0) is 49.9 Å². The second-order valence-electron chi connectivity index (χ2n) is 10.6. The summed E-state index contributed by atoms with van der Waals surface area (Å²) < 4.78 is 14.0. The molecule has 35 heavy (non-hydrogen) atoms. The maximum Gasteiger partial charge on any atom is 0.422 e. The molecule has 0 aromatic carbocycles. The molecule has 3 aromatic heterocycles. The van der Waals surface area contributed by atoms with Crippen LogP contribution >= 0.6 is 0 Å². The van der Waals surface area contributed by atoms with E-state index in [2.05, 4.69) is 43.9 Å². The largest absolute Gasteiger partial charge is 0.464 e. The number of imide groups is 1. The summed E-state index contributed by atoms with van der Waals surface area (Å²) in [5, 5.41) is 23.9. The van der Waals surface area contributed by atoms with Crippen LogP contribution in [0.2, 0.25) is 18.1 Å². The highest BCUT2D eigenvalue weighted by Crippen LogP contribution is 2.41. The quantitative estimate of drug-likeness (QED) is 0.387. The van der Waals surface area contributed by atoms with Crippen LogP contribution in [0.4, 0.5) is 15.4 Å². The van der Waals surface area contributed by atoms with Crippen molar-refractivity contribution in [2.24, 2.45) is 0 Å². The lowest BCUT2D eigenvalue weighted by molar-refractivity contribution is 0.115. The van der Waals surface area contributed by atoms with Crippen molar-refractivity contribution in [2.75, 3.05) is 4.90 Å². The molecule has 1 aliphatic rings. The zero-order chi connectivity index (χ0) is 25.5. The van der Waals surface area contributed by atoms with E-state index in [4.69, 9.17) is 8.84 Å². The second-order valence-corrected chi connectivity index (χ2v) is 15.3. The Morgan fingerprint density at radius 1 is 1.14 bits per heavy atom. The molecule has 2 amide bonds. The summed E-state index contributed by atoms with van der Waals surface area (Å²) in [5.74, 6) is -0.291. The van der Waals surface area contributed by atoms with Crippen LogP contribution < -0.4 is 4.90 Å². The van der Waals surface area contributed by atoms with Gasteiger partial charge in [-0.25, -0.2) is 14.6 Å². The Labute approximate surface area is 204 Å². The first-order chi connectivity index (χ1) is 16.4. The first-order valence-corrected chi connectivity index (χ1v) is 14.6. The molecule has 11 heteroatoms. The fourth-order valence-corrected chi connectivity index (χ4v) is 5.72. The minimum Gasteiger partial charge on any atom is -0.464 e. The topological polar surface area (TPSA) is 131 Å². The Morgan fingerprint density at radius 3 is 2.40 bits per heavy atom. The second kappa shape index (κ2) is 9.12. The van der Waals surface area contributed by atoms with Gasteiger partial charge in [0.1, 0.15) is 0 Å². The van der Waals surface area contributed by atoms with Crippen molar-refractivity contribution in [3.63, 3.8) is 0 Å². The van der Waals surface area contributed by atoms with E-state index in [0.717, 1.165) is 31.2 Å². The van der Waals surface area contributed by atoms with Crippen LogP contribution in [0.25, 0.3) is 22.1 Å². The molecule has 0 aliphatic heterocycles. The molecule has 3 heterocycles. The minimum atomic E-state index is -1.80. The lowest BCUT2D eigenvalue weighted by Gasteiger charge is -2.41. The Bertz CT molecular complexity index is 1220. The van der Waals surface area contributed by atoms with Crippen molar-refractivity contribution in [1.82, 2.24) is 14.8 Å². The average molecular weight is 501 g/mol. The van der Waals surface area contributed by atoms with E-state index in [0.29, 0.717) is 10.9 Å². The average Bonchev–Trinajstić information content (AvgIpc) is 3.43. The fraction of sp³-hybridized carbons (Fsp3) is 0.500. The third kappa shape index (κ3) is 4.83. The van der Waals surface area contributed by atoms with Crippen LogP contribution in [0.1, 0.15) is 52.5 Å². The molecule has 2 N–H and O–H groups in total. The van der Waals surface area contributed by atoms with E-state index in [1.54, 1.807) is 12.3 Å². The van der Waals surface area contributed by atoms with E-state index in [1.807, 2.05) is 10.9 Å². The molecule has 0 unspecified atom stereocenters. The molecule has 3 aromatic rings. The van der Waals surface area contributed by atoms with Gasteiger partial charge in [0.25, 0.3) is 0 Å². The minimum absolute atomic E-state index is 0.0864. The van der Waals surface area contributed by atoms with Gasteiger partial charge >= 0.3 is 12.2 Å². The molecular formula is C24H32N4O6Si. The third-order valence-corrected chi connectivity index (χ3v) is 11.8. The number of furan rings is 1. The van der Waals surface area contributed by atoms with Gasteiger partial charge in [0.2, 0.25) is 0 Å². The van der Waals surface area contributed by atoms with Gasteiger partial charge < -0.3 is 19.1 Å². The highest BCUT2D eigenvalue weighted by Gasteiger charge is 2.40. The highest BCUT2D eigenvalue weighted by molar-refractivity contribution is 6.74. The number of fused-ring (bicyclic) bond motifs is 1. The summed E-state index contributed by atoms with van der Waals surface area (Å²) in [6.45, 7) is 11.4. The number of amides is 2. The number of aromatic nitrogens is 3. The fourth-order valence-electron chi connectivity index (χ4n) is 4.30. The van der Waals surface area contributed by atoms with Gasteiger partial charge in [-0.2, -0.15) is 10.00 Å². The molecule has 188 valence electrons. The maximum absolute atomic E-state index is 11.4. The first kappa shape index (κ1) is 24.9. The summed E-state index contributed by atoms with van der Waals surface area (Å²) in [6.07, 6.45) is 7.46. The summed E-state index contributed by atoms with van der Waals surface area (Å²) in [4.78, 5) is 27.1. The zero-order valence-electron chi connectivity index (χ0n) is 20.7. The Morgan fingerprint density at radius 2 is 1.80 bits per heavy atom. The number of pyridine rings is 1. The van der Waals surface area contributed by atoms with Crippen LogP contribution in [0.15, 0.2) is 35.3 Å². The van der Waals surface area contributed by atoms with Crippen LogP contribution in [-0.2, 0) is 4.43 Å². The van der Waals surface area contributed by atoms with Crippen molar-refractivity contribution in [2.45, 2.75) is 76.7 Å². The van der Waals surface area contributed by atoms with E-state index in [1.165, 1.54) is 12.5 Å². The Balaban J connectivity index is 1.52. The standard InChI is InChI=1S/C24H32N4O6Si/c1-24(2,3)35(4,5)34-17-8-6-16(7-9-17)27-14-15(12-26-27)19-13-25-21(20-18(19)10-11-33-20)28(22(29)30)23(31)32/h10-14,16-17H,6-9H2,1-5H3,(H,29,30)(H,31,32). The van der Waals surface area contributed by atoms with Crippen LogP contribution in [-0.4, -0.2) is 51.6 Å². The van der Waals surface area contributed by atoms with Gasteiger partial charge in [0.15, 0.2) is 19.7 Å². The predicted molar refractivity (Wildman–Crippen MR) is 133 cm³/mol. The van der Waals surface area contributed by atoms with E-state index in [9.17, 15) is 19.8 Å². The third-order valence-electron chi connectivity index (χ3n) is 7.27. The van der Waals surface area contributed by atoms with Crippen molar-refractivity contribution < 1.29 is 28.6 Å². The van der Waals surface area contributed by atoms with Crippen molar-refractivity contribution in [3.05, 3.63) is 30.9 Å². The van der Waals surface area contributed by atoms with Crippen molar-refractivity contribution in [1.29, 1.82) is 0 Å². The molecule has 1 aliphatic carbocycles. The number of carbonyl (C=O) groups is 2. The molecule has 0 bridgehead atoms. The lowest BCUT2D eigenvalue weighted by Crippen LogP contribution is -2.44. The van der Waals surface area contributed by atoms with Crippen LogP contribution in [0, 0.1) is 0 Å². The Kier molecular flexibility index (Phi) is 6.49. The van der Waals surface area contributed by atoms with E-state index >= 15 is 0 Å². The monoisotopic (exact) mass is 500 g/mol. The molecule has 0 spiro atoms. The molecule has 0 radical (unpaired) electrons. The molecule has 1 saturated carbocycles. The molecule has 0 saturated heterocycles. The van der Waals surface area contributed by atoms with Crippen molar-refractivity contribution >= 4 is 37.3 Å². The number of rotatable bonds is 5. The van der Waals surface area contributed by atoms with Gasteiger partial charge in [0, 0.05) is 35.0 Å². The molecule has 1 fully saturated rings. The van der Waals surface area contributed by atoms with Crippen LogP contribution in [0.5, 0.6) is 0 Å². The smallest absolute Gasteiger partial charge is 0.422 e. The van der Waals surface area contributed by atoms with Gasteiger partial charge in [0.05, 0.1) is 18.5 Å². The van der Waals surface area contributed by atoms with Gasteiger partial charge in [-0.1, -0.05) is 20.8 Å². The first-order valence-electron chi connectivity index (χ1n) is 11.7. The number of anilines is 1. The zero-order valence-corrected chi connectivity index (χ0v) is 21.7. The summed E-state index contributed by atoms with van der Waals surface area (Å²) in [7, 11) is -1.80. The van der Waals surface area contributed by atoms with Gasteiger partial charge in [-0.15, -0.1) is 0 Å². The van der Waals surface area contributed by atoms with Gasteiger partial charge in [-0.3, -0.25) is 4.68 Å². The number of carboxylic acid groups (broad SMARTS) is 2. The predicted octanol–water partition coefficient (Wildman–Crippen LogP) is 6.36. The molecule has 10 nitrogen and oxygen atoms in total. The normalized spacial score (nSPS) is 19.1. The summed E-state index contributed by atoms with van der Waals surface area (Å²) in [5.41, 5.74) is 1.57. The van der Waals surface area contributed by atoms with Crippen LogP contribution in [0.3, 0.4) is 0 Å². The summed E-state index contributed by atoms with van der Waals surface area (Å²) >= 11 is 0. The molecule has 4 rings (SSSR count). The highest BCUT2D eigenvalue weighted by atomic mass is 28.4. The lowest BCUT2D eigenvalue weighted by atomic mass is 9.93.